The minimum atomic E-state index is -1.84. The molecule has 24 heavy (non-hydrogen) atoms. The topological polar surface area (TPSA) is 40.5 Å². The first-order valence-electron chi connectivity index (χ1n) is 8.75. The molecule has 0 bridgehead atoms. The quantitative estimate of drug-likeness (QED) is 0.522. The fourth-order valence-corrected chi connectivity index (χ4v) is 10.0. The molecular weight excluding hydrogens is 463 g/mol. The van der Waals surface area contributed by atoms with E-state index in [0.29, 0.717) is 0 Å². The van der Waals surface area contributed by atoms with Crippen LogP contribution in [0.3, 0.4) is 0 Å². The van der Waals surface area contributed by atoms with Crippen LogP contribution in [0.2, 0.25) is 0 Å². The molecule has 136 valence electrons. The standard InChI is InChI=1S/2C7H9.2C3H8O.CH2.Hf/c2*1-6-4-3-5-7(6)2;2*1-3(2)4;;/h2*4H,5H2,1-2H3;2*3-4H,1-2H3;1H2;. The molecule has 0 spiro atoms. The van der Waals surface area contributed by atoms with Gasteiger partial charge in [-0.2, -0.15) is 0 Å². The van der Waals surface area contributed by atoms with Gasteiger partial charge in [0.1, 0.15) is 0 Å². The van der Waals surface area contributed by atoms with Gasteiger partial charge in [0.15, 0.2) is 0 Å². The van der Waals surface area contributed by atoms with Crippen LogP contribution in [-0.2, 0) is 21.0 Å². The number of rotatable bonds is 2. The van der Waals surface area contributed by atoms with E-state index < -0.39 is 21.0 Å². The van der Waals surface area contributed by atoms with Crippen LogP contribution in [0.15, 0.2) is 41.1 Å². The zero-order valence-electron chi connectivity index (χ0n) is 16.8. The molecule has 0 aromatic rings. The summed E-state index contributed by atoms with van der Waals surface area (Å²) in [5.74, 6) is 0. The molecule has 0 atom stereocenters. The van der Waals surface area contributed by atoms with E-state index in [-0.39, 0.29) is 12.2 Å². The van der Waals surface area contributed by atoms with Gasteiger partial charge < -0.3 is 10.2 Å². The van der Waals surface area contributed by atoms with Crippen molar-refractivity contribution in [2.45, 2.75) is 80.4 Å². The van der Waals surface area contributed by atoms with E-state index in [1.165, 1.54) is 24.0 Å². The third-order valence-corrected chi connectivity index (χ3v) is 11.7. The molecule has 0 radical (unpaired) electrons. The van der Waals surface area contributed by atoms with Crippen molar-refractivity contribution in [3.63, 3.8) is 0 Å². The summed E-state index contributed by atoms with van der Waals surface area (Å²) < 4.78 is 7.97. The Balaban J connectivity index is 0.000000558. The van der Waals surface area contributed by atoms with Crippen LogP contribution in [0.1, 0.15) is 68.2 Å². The van der Waals surface area contributed by atoms with Crippen LogP contribution in [0.5, 0.6) is 0 Å². The minimum absolute atomic E-state index is 0.167. The molecule has 0 heterocycles. The Bertz CT molecular complexity index is 517. The summed E-state index contributed by atoms with van der Waals surface area (Å²) in [5, 5.41) is 16.1. The van der Waals surface area contributed by atoms with Gasteiger partial charge in [0.05, 0.1) is 0 Å². The summed E-state index contributed by atoms with van der Waals surface area (Å²) >= 11 is -1.84. The van der Waals surface area contributed by atoms with Crippen LogP contribution in [0.25, 0.3) is 0 Å². The van der Waals surface area contributed by atoms with Crippen LogP contribution in [0, 0.1) is 0 Å². The van der Waals surface area contributed by atoms with Gasteiger partial charge in [0.25, 0.3) is 0 Å². The first kappa shape index (κ1) is 23.6. The summed E-state index contributed by atoms with van der Waals surface area (Å²) in [4.78, 5) is 0. The van der Waals surface area contributed by atoms with E-state index >= 15 is 0 Å². The van der Waals surface area contributed by atoms with E-state index in [9.17, 15) is 0 Å². The zero-order valence-corrected chi connectivity index (χ0v) is 20.4. The van der Waals surface area contributed by atoms with Crippen molar-refractivity contribution in [3.05, 3.63) is 41.1 Å². The third kappa shape index (κ3) is 9.19. The fourth-order valence-electron chi connectivity index (χ4n) is 2.32. The monoisotopic (exact) mass is 500 g/mol. The van der Waals surface area contributed by atoms with Gasteiger partial charge in [-0.1, -0.05) is 0 Å². The molecule has 2 aliphatic rings. The molecule has 2 nitrogen and oxygen atoms in total. The Morgan fingerprint density at radius 1 is 0.792 bits per heavy atom. The second-order valence-corrected chi connectivity index (χ2v) is 15.3. The predicted molar refractivity (Wildman–Crippen MR) is 104 cm³/mol. The van der Waals surface area contributed by atoms with Crippen LogP contribution < -0.4 is 0 Å². The van der Waals surface area contributed by atoms with Gasteiger partial charge in [-0.05, 0) is 27.7 Å². The van der Waals surface area contributed by atoms with Gasteiger partial charge in [-0.25, -0.2) is 0 Å². The molecule has 2 N–H and O–H groups in total. The van der Waals surface area contributed by atoms with Gasteiger partial charge in [-0.15, -0.1) is 0 Å². The van der Waals surface area contributed by atoms with E-state index in [1.54, 1.807) is 45.5 Å². The number of hydrogen-bond acceptors (Lipinski definition) is 2. The van der Waals surface area contributed by atoms with Gasteiger partial charge in [-0.3, -0.25) is 0 Å². The normalized spacial score (nSPS) is 16.7. The Labute approximate surface area is 156 Å². The second kappa shape index (κ2) is 11.3. The maximum atomic E-state index is 8.06. The van der Waals surface area contributed by atoms with Crippen molar-refractivity contribution in [3.8, 4) is 0 Å². The summed E-state index contributed by atoms with van der Waals surface area (Å²) in [5.41, 5.74) is 6.09. The number of aliphatic hydroxyl groups excluding tert-OH is 2. The molecule has 0 aromatic carbocycles. The average molecular weight is 499 g/mol. The molecule has 0 saturated heterocycles. The van der Waals surface area contributed by atoms with Gasteiger partial charge >= 0.3 is 107 Å². The average Bonchev–Trinajstić information content (AvgIpc) is 2.92. The van der Waals surface area contributed by atoms with E-state index in [4.69, 9.17) is 10.2 Å². The number of allylic oxidation sites excluding steroid dienone is 8. The van der Waals surface area contributed by atoms with Crippen LogP contribution in [-0.4, -0.2) is 26.7 Å². The summed E-state index contributed by atoms with van der Waals surface area (Å²) in [6, 6.07) is 0. The molecule has 0 amide bonds. The molecular formula is C21H36HfO2. The Morgan fingerprint density at radius 3 is 1.21 bits per heavy atom. The van der Waals surface area contributed by atoms with Gasteiger partial charge in [0, 0.05) is 12.2 Å². The van der Waals surface area contributed by atoms with Crippen LogP contribution in [0.4, 0.5) is 0 Å². The van der Waals surface area contributed by atoms with Crippen molar-refractivity contribution in [2.75, 3.05) is 0 Å². The molecule has 0 saturated carbocycles. The molecule has 0 fully saturated rings. The molecule has 2 rings (SSSR count). The van der Waals surface area contributed by atoms with Gasteiger partial charge in [0.2, 0.25) is 0 Å². The molecule has 2 aliphatic carbocycles. The third-order valence-electron chi connectivity index (χ3n) is 3.81. The summed E-state index contributed by atoms with van der Waals surface area (Å²) in [6.07, 6.45) is 6.95. The predicted octanol–water partition coefficient (Wildman–Crippen LogP) is 5.06. The van der Waals surface area contributed by atoms with E-state index in [2.05, 4.69) is 44.1 Å². The summed E-state index contributed by atoms with van der Waals surface area (Å²) in [7, 11) is 0. The Morgan fingerprint density at radius 2 is 1.04 bits per heavy atom. The molecule has 3 heteroatoms. The molecule has 0 unspecified atom stereocenters. The summed E-state index contributed by atoms with van der Waals surface area (Å²) in [6.45, 7) is 15.9. The number of aliphatic hydroxyl groups is 2. The van der Waals surface area contributed by atoms with Crippen molar-refractivity contribution in [1.82, 2.24) is 0 Å². The fraction of sp³-hybridized carbons (Fsp3) is 0.571. The van der Waals surface area contributed by atoms with Crippen molar-refractivity contribution in [2.24, 2.45) is 0 Å². The first-order chi connectivity index (χ1) is 11.0. The zero-order chi connectivity index (χ0) is 19.0. The van der Waals surface area contributed by atoms with Crippen molar-refractivity contribution < 1.29 is 31.2 Å². The van der Waals surface area contributed by atoms with E-state index in [1.807, 2.05) is 0 Å². The SMILES string of the molecule is CC(C)O.CC(C)O.[CH2]=[Hf]([C]1=CC(C)=C(C)C1)[C]1=CC(C)=C(C)C1. The van der Waals surface area contributed by atoms with Crippen LogP contribution >= 0.6 is 0 Å². The maximum absolute atomic E-state index is 8.06. The second-order valence-electron chi connectivity index (χ2n) is 7.29. The number of hydrogen-bond donors (Lipinski definition) is 2. The molecule has 0 aliphatic heterocycles. The van der Waals surface area contributed by atoms with E-state index in [0.717, 1.165) is 0 Å². The Kier molecular flexibility index (Phi) is 11.1. The first-order valence-corrected chi connectivity index (χ1v) is 14.9. The molecule has 0 aromatic heterocycles. The Hall–Kier alpha value is -0.380. The van der Waals surface area contributed by atoms with Crippen molar-refractivity contribution in [1.29, 1.82) is 0 Å². The van der Waals surface area contributed by atoms with Crippen molar-refractivity contribution >= 4 is 4.26 Å².